The van der Waals surface area contributed by atoms with Crippen LogP contribution in [0.4, 0.5) is 0 Å². The van der Waals surface area contributed by atoms with Gasteiger partial charge in [-0.1, -0.05) is 57.5 Å². The molecule has 2 aromatic carbocycles. The highest BCUT2D eigenvalue weighted by molar-refractivity contribution is 5.65. The first-order valence-corrected chi connectivity index (χ1v) is 9.03. The first-order chi connectivity index (χ1) is 11.6. The summed E-state index contributed by atoms with van der Waals surface area (Å²) in [4.78, 5) is 0. The molecule has 130 valence electrons. The SMILES string of the molecule is CCCCOCCOc1ccc(-c2ccc(C(C)C)c(C)c2)cc1. The first-order valence-electron chi connectivity index (χ1n) is 9.03. The van der Waals surface area contributed by atoms with E-state index in [2.05, 4.69) is 58.0 Å². The Hall–Kier alpha value is -1.80. The van der Waals surface area contributed by atoms with Crippen LogP contribution in [0.25, 0.3) is 11.1 Å². The standard InChI is InChI=1S/C22H30O2/c1-5-6-13-23-14-15-24-21-10-7-19(8-11-21)20-9-12-22(17(2)3)18(4)16-20/h7-12,16-17H,5-6,13-15H2,1-4H3. The zero-order valence-electron chi connectivity index (χ0n) is 15.5. The molecule has 0 aliphatic heterocycles. The van der Waals surface area contributed by atoms with Gasteiger partial charge in [0.25, 0.3) is 0 Å². The van der Waals surface area contributed by atoms with Gasteiger partial charge in [-0.2, -0.15) is 0 Å². The molecule has 0 saturated carbocycles. The molecule has 0 aliphatic rings. The average molecular weight is 326 g/mol. The molecule has 2 aromatic rings. The van der Waals surface area contributed by atoms with Gasteiger partial charge in [-0.15, -0.1) is 0 Å². The molecule has 2 nitrogen and oxygen atoms in total. The molecule has 0 radical (unpaired) electrons. The van der Waals surface area contributed by atoms with Crippen LogP contribution in [0.1, 0.15) is 50.7 Å². The van der Waals surface area contributed by atoms with Crippen LogP contribution in [0.15, 0.2) is 42.5 Å². The smallest absolute Gasteiger partial charge is 0.119 e. The highest BCUT2D eigenvalue weighted by atomic mass is 16.5. The van der Waals surface area contributed by atoms with Crippen molar-refractivity contribution in [1.82, 2.24) is 0 Å². The van der Waals surface area contributed by atoms with Crippen LogP contribution in [0, 0.1) is 6.92 Å². The molecule has 0 unspecified atom stereocenters. The van der Waals surface area contributed by atoms with Crippen LogP contribution in [0.2, 0.25) is 0 Å². The number of hydrogen-bond donors (Lipinski definition) is 0. The van der Waals surface area contributed by atoms with Crippen molar-refractivity contribution >= 4 is 0 Å². The summed E-state index contributed by atoms with van der Waals surface area (Å²) in [5, 5.41) is 0. The quantitative estimate of drug-likeness (QED) is 0.528. The Morgan fingerprint density at radius 2 is 1.58 bits per heavy atom. The minimum Gasteiger partial charge on any atom is -0.491 e. The van der Waals surface area contributed by atoms with Gasteiger partial charge in [0.05, 0.1) is 6.61 Å². The first kappa shape index (κ1) is 18.5. The van der Waals surface area contributed by atoms with Gasteiger partial charge in [-0.25, -0.2) is 0 Å². The highest BCUT2D eigenvalue weighted by Gasteiger charge is 2.05. The van der Waals surface area contributed by atoms with Gasteiger partial charge in [0, 0.05) is 6.61 Å². The Morgan fingerprint density at radius 1 is 0.875 bits per heavy atom. The fourth-order valence-corrected chi connectivity index (χ4v) is 2.81. The summed E-state index contributed by atoms with van der Waals surface area (Å²) < 4.78 is 11.2. The fourth-order valence-electron chi connectivity index (χ4n) is 2.81. The lowest BCUT2D eigenvalue weighted by molar-refractivity contribution is 0.0981. The Bertz CT molecular complexity index is 614. The van der Waals surface area contributed by atoms with Gasteiger partial charge in [-0.05, 0) is 53.6 Å². The van der Waals surface area contributed by atoms with Crippen molar-refractivity contribution in [2.24, 2.45) is 0 Å². The number of unbranched alkanes of at least 4 members (excludes halogenated alkanes) is 1. The van der Waals surface area contributed by atoms with Gasteiger partial charge in [-0.3, -0.25) is 0 Å². The van der Waals surface area contributed by atoms with Crippen LogP contribution >= 0.6 is 0 Å². The largest absolute Gasteiger partial charge is 0.491 e. The van der Waals surface area contributed by atoms with Gasteiger partial charge < -0.3 is 9.47 Å². The molecular formula is C22H30O2. The summed E-state index contributed by atoms with van der Waals surface area (Å²) in [6.07, 6.45) is 2.28. The van der Waals surface area contributed by atoms with Crippen molar-refractivity contribution in [2.45, 2.75) is 46.5 Å². The van der Waals surface area contributed by atoms with Gasteiger partial charge >= 0.3 is 0 Å². The number of benzene rings is 2. The van der Waals surface area contributed by atoms with E-state index < -0.39 is 0 Å². The number of aryl methyl sites for hydroxylation is 1. The summed E-state index contributed by atoms with van der Waals surface area (Å²) >= 11 is 0. The summed E-state index contributed by atoms with van der Waals surface area (Å²) in [5.74, 6) is 1.46. The fraction of sp³-hybridized carbons (Fsp3) is 0.455. The topological polar surface area (TPSA) is 18.5 Å². The van der Waals surface area contributed by atoms with Crippen molar-refractivity contribution in [2.75, 3.05) is 19.8 Å². The summed E-state index contributed by atoms with van der Waals surface area (Å²) in [6, 6.07) is 15.0. The molecular weight excluding hydrogens is 296 g/mol. The van der Waals surface area contributed by atoms with E-state index in [1.54, 1.807) is 0 Å². The Kier molecular flexibility index (Phi) is 7.33. The van der Waals surface area contributed by atoms with E-state index in [4.69, 9.17) is 9.47 Å². The lowest BCUT2D eigenvalue weighted by Crippen LogP contribution is -2.07. The van der Waals surface area contributed by atoms with E-state index in [9.17, 15) is 0 Å². The van der Waals surface area contributed by atoms with E-state index in [-0.39, 0.29) is 0 Å². The predicted molar refractivity (Wildman–Crippen MR) is 102 cm³/mol. The molecule has 0 aromatic heterocycles. The molecule has 0 aliphatic carbocycles. The molecule has 0 atom stereocenters. The van der Waals surface area contributed by atoms with Crippen LogP contribution in [0.5, 0.6) is 5.75 Å². The number of ether oxygens (including phenoxy) is 2. The van der Waals surface area contributed by atoms with E-state index in [1.807, 2.05) is 12.1 Å². The second-order valence-electron chi connectivity index (χ2n) is 6.56. The molecule has 0 spiro atoms. The van der Waals surface area contributed by atoms with E-state index in [1.165, 1.54) is 28.7 Å². The van der Waals surface area contributed by atoms with Crippen molar-refractivity contribution in [1.29, 1.82) is 0 Å². The van der Waals surface area contributed by atoms with E-state index in [0.717, 1.165) is 18.8 Å². The maximum Gasteiger partial charge on any atom is 0.119 e. The van der Waals surface area contributed by atoms with Crippen LogP contribution in [-0.4, -0.2) is 19.8 Å². The monoisotopic (exact) mass is 326 g/mol. The second kappa shape index (κ2) is 9.48. The van der Waals surface area contributed by atoms with E-state index in [0.29, 0.717) is 19.1 Å². The zero-order valence-corrected chi connectivity index (χ0v) is 15.5. The van der Waals surface area contributed by atoms with Crippen LogP contribution < -0.4 is 4.74 Å². The highest BCUT2D eigenvalue weighted by Crippen LogP contribution is 2.27. The van der Waals surface area contributed by atoms with Crippen LogP contribution in [0.3, 0.4) is 0 Å². The number of hydrogen-bond acceptors (Lipinski definition) is 2. The minimum absolute atomic E-state index is 0.564. The van der Waals surface area contributed by atoms with Gasteiger partial charge in [0.2, 0.25) is 0 Å². The van der Waals surface area contributed by atoms with Crippen molar-refractivity contribution in [3.8, 4) is 16.9 Å². The maximum absolute atomic E-state index is 5.73. The molecule has 0 saturated heterocycles. The van der Waals surface area contributed by atoms with Crippen molar-refractivity contribution in [3.63, 3.8) is 0 Å². The molecule has 0 N–H and O–H groups in total. The molecule has 24 heavy (non-hydrogen) atoms. The Morgan fingerprint density at radius 3 is 2.21 bits per heavy atom. The molecule has 2 heteroatoms. The normalized spacial score (nSPS) is 11.0. The summed E-state index contributed by atoms with van der Waals surface area (Å²) in [5.41, 5.74) is 5.25. The Labute approximate surface area is 146 Å². The summed E-state index contributed by atoms with van der Waals surface area (Å²) in [6.45, 7) is 10.9. The van der Waals surface area contributed by atoms with Crippen LogP contribution in [-0.2, 0) is 4.74 Å². The molecule has 0 heterocycles. The maximum atomic E-state index is 5.73. The number of rotatable bonds is 9. The van der Waals surface area contributed by atoms with Gasteiger partial charge in [0.15, 0.2) is 0 Å². The summed E-state index contributed by atoms with van der Waals surface area (Å²) in [7, 11) is 0. The third-order valence-corrected chi connectivity index (χ3v) is 4.22. The lowest BCUT2D eigenvalue weighted by atomic mass is 9.94. The molecule has 0 fully saturated rings. The zero-order chi connectivity index (χ0) is 17.4. The third-order valence-electron chi connectivity index (χ3n) is 4.22. The Balaban J connectivity index is 1.91. The van der Waals surface area contributed by atoms with Crippen molar-refractivity contribution < 1.29 is 9.47 Å². The lowest BCUT2D eigenvalue weighted by Gasteiger charge is -2.12. The third kappa shape index (κ3) is 5.38. The molecule has 0 amide bonds. The second-order valence-corrected chi connectivity index (χ2v) is 6.56. The van der Waals surface area contributed by atoms with E-state index >= 15 is 0 Å². The minimum atomic E-state index is 0.564. The van der Waals surface area contributed by atoms with Crippen molar-refractivity contribution in [3.05, 3.63) is 53.6 Å². The average Bonchev–Trinajstić information content (AvgIpc) is 2.58. The molecule has 0 bridgehead atoms. The predicted octanol–water partition coefficient (Wildman–Crippen LogP) is 5.98. The molecule has 2 rings (SSSR count). The van der Waals surface area contributed by atoms with Gasteiger partial charge in [0.1, 0.15) is 12.4 Å².